The molecule has 3 nitrogen and oxygen atoms in total. The Morgan fingerprint density at radius 1 is 1.62 bits per heavy atom. The van der Waals surface area contributed by atoms with Crippen molar-refractivity contribution in [3.63, 3.8) is 0 Å². The maximum Gasteiger partial charge on any atom is 0.246 e. The van der Waals surface area contributed by atoms with Gasteiger partial charge in [-0.3, -0.25) is 4.79 Å². The average molecular weight is 182 g/mol. The number of nitrogens with zero attached hydrogens (tertiary/aromatic N) is 1. The van der Waals surface area contributed by atoms with Crippen LogP contribution < -0.4 is 5.32 Å². The van der Waals surface area contributed by atoms with Crippen LogP contribution in [0.2, 0.25) is 0 Å². The first-order chi connectivity index (χ1) is 6.19. The molecule has 0 unspecified atom stereocenters. The van der Waals surface area contributed by atoms with E-state index in [9.17, 15) is 4.79 Å². The van der Waals surface area contributed by atoms with Crippen LogP contribution in [0.5, 0.6) is 0 Å². The monoisotopic (exact) mass is 182 g/mol. The summed E-state index contributed by atoms with van der Waals surface area (Å²) in [6.45, 7) is 4.04. The summed E-state index contributed by atoms with van der Waals surface area (Å²) >= 11 is 0. The molecule has 0 radical (unpaired) electrons. The third-order valence-electron chi connectivity index (χ3n) is 2.56. The Balaban J connectivity index is 2.82. The van der Waals surface area contributed by atoms with E-state index in [1.165, 1.54) is 5.57 Å². The minimum absolute atomic E-state index is 0.102. The molecule has 0 aromatic rings. The molecule has 0 atom stereocenters. The predicted octanol–water partition coefficient (Wildman–Crippen LogP) is 0.774. The van der Waals surface area contributed by atoms with Gasteiger partial charge in [0.15, 0.2) is 0 Å². The van der Waals surface area contributed by atoms with Gasteiger partial charge in [-0.05, 0) is 25.5 Å². The summed E-state index contributed by atoms with van der Waals surface area (Å²) in [5.41, 5.74) is 2.29. The third kappa shape index (κ3) is 2.31. The Morgan fingerprint density at radius 2 is 2.31 bits per heavy atom. The topological polar surface area (TPSA) is 32.3 Å². The van der Waals surface area contributed by atoms with E-state index in [0.29, 0.717) is 0 Å². The summed E-state index contributed by atoms with van der Waals surface area (Å²) < 4.78 is 0. The number of rotatable bonds is 2. The van der Waals surface area contributed by atoms with Crippen molar-refractivity contribution in [2.24, 2.45) is 0 Å². The first-order valence-corrected chi connectivity index (χ1v) is 4.80. The molecule has 0 aromatic heterocycles. The molecule has 0 saturated heterocycles. The van der Waals surface area contributed by atoms with Crippen LogP contribution in [0, 0.1) is 0 Å². The lowest BCUT2D eigenvalue weighted by Gasteiger charge is -2.26. The predicted molar refractivity (Wildman–Crippen MR) is 53.5 cm³/mol. The van der Waals surface area contributed by atoms with E-state index in [0.717, 1.165) is 31.5 Å². The molecule has 0 aliphatic carbocycles. The van der Waals surface area contributed by atoms with E-state index >= 15 is 0 Å². The summed E-state index contributed by atoms with van der Waals surface area (Å²) in [6.07, 6.45) is 1.87. The van der Waals surface area contributed by atoms with Gasteiger partial charge in [0.05, 0.1) is 0 Å². The summed E-state index contributed by atoms with van der Waals surface area (Å²) in [6, 6.07) is 0. The van der Waals surface area contributed by atoms with E-state index in [2.05, 4.69) is 24.2 Å². The number of likely N-dealkylation sites (N-methyl/N-ethyl adjacent to an activating group) is 2. The molecular formula is C10H18N2O. The number of carbonyl (C=O) groups excluding carboxylic acids is 1. The molecule has 13 heavy (non-hydrogen) atoms. The number of nitrogens with one attached hydrogen (secondary N) is 1. The van der Waals surface area contributed by atoms with Crippen molar-refractivity contribution in [1.29, 1.82) is 0 Å². The maximum atomic E-state index is 11.5. The lowest BCUT2D eigenvalue weighted by atomic mass is 9.98. The zero-order chi connectivity index (χ0) is 9.84. The highest BCUT2D eigenvalue weighted by Gasteiger charge is 2.19. The van der Waals surface area contributed by atoms with Gasteiger partial charge in [0.2, 0.25) is 5.91 Å². The Morgan fingerprint density at radius 3 is 2.85 bits per heavy atom. The zero-order valence-corrected chi connectivity index (χ0v) is 8.68. The van der Waals surface area contributed by atoms with Crippen LogP contribution in [-0.4, -0.2) is 38.0 Å². The number of hydrogen-bond acceptors (Lipinski definition) is 2. The molecule has 0 spiro atoms. The lowest BCUT2D eigenvalue weighted by molar-refractivity contribution is -0.117. The summed E-state index contributed by atoms with van der Waals surface area (Å²) in [7, 11) is 3.79. The lowest BCUT2D eigenvalue weighted by Crippen LogP contribution is -2.33. The second-order valence-electron chi connectivity index (χ2n) is 3.50. The molecular weight excluding hydrogens is 164 g/mol. The zero-order valence-electron chi connectivity index (χ0n) is 8.68. The molecule has 0 bridgehead atoms. The van der Waals surface area contributed by atoms with Crippen LogP contribution >= 0.6 is 0 Å². The van der Waals surface area contributed by atoms with Gasteiger partial charge in [0, 0.05) is 25.7 Å². The van der Waals surface area contributed by atoms with Gasteiger partial charge < -0.3 is 10.2 Å². The van der Waals surface area contributed by atoms with Crippen LogP contribution in [-0.2, 0) is 4.79 Å². The largest absolute Gasteiger partial charge is 0.355 e. The van der Waals surface area contributed by atoms with Gasteiger partial charge >= 0.3 is 0 Å². The van der Waals surface area contributed by atoms with Crippen molar-refractivity contribution in [1.82, 2.24) is 10.2 Å². The quantitative estimate of drug-likeness (QED) is 0.684. The summed E-state index contributed by atoms with van der Waals surface area (Å²) in [4.78, 5) is 13.7. The van der Waals surface area contributed by atoms with Crippen molar-refractivity contribution in [3.05, 3.63) is 11.1 Å². The van der Waals surface area contributed by atoms with Crippen LogP contribution in [0.4, 0.5) is 0 Å². The summed E-state index contributed by atoms with van der Waals surface area (Å²) in [5.74, 6) is 0.102. The number of amides is 1. The highest BCUT2D eigenvalue weighted by molar-refractivity contribution is 5.94. The van der Waals surface area contributed by atoms with Gasteiger partial charge in [0.1, 0.15) is 0 Å². The summed E-state index contributed by atoms with van der Waals surface area (Å²) in [5, 5.41) is 2.70. The Hall–Kier alpha value is -0.830. The average Bonchev–Trinajstić information content (AvgIpc) is 2.16. The van der Waals surface area contributed by atoms with Crippen LogP contribution in [0.15, 0.2) is 11.1 Å². The molecule has 1 aliphatic heterocycles. The van der Waals surface area contributed by atoms with Gasteiger partial charge in [-0.2, -0.15) is 0 Å². The third-order valence-corrected chi connectivity index (χ3v) is 2.56. The molecule has 0 fully saturated rings. The molecule has 1 rings (SSSR count). The maximum absolute atomic E-state index is 11.5. The van der Waals surface area contributed by atoms with Crippen LogP contribution in [0.3, 0.4) is 0 Å². The molecule has 0 aromatic carbocycles. The molecule has 1 aliphatic rings. The van der Waals surface area contributed by atoms with Crippen molar-refractivity contribution in [2.75, 3.05) is 27.2 Å². The van der Waals surface area contributed by atoms with Crippen LogP contribution in [0.1, 0.15) is 19.8 Å². The van der Waals surface area contributed by atoms with E-state index in [1.807, 2.05) is 0 Å². The fraction of sp³-hybridized carbons (Fsp3) is 0.700. The van der Waals surface area contributed by atoms with Gasteiger partial charge in [-0.15, -0.1) is 0 Å². The second-order valence-corrected chi connectivity index (χ2v) is 3.50. The van der Waals surface area contributed by atoms with E-state index in [4.69, 9.17) is 0 Å². The smallest absolute Gasteiger partial charge is 0.246 e. The van der Waals surface area contributed by atoms with Crippen molar-refractivity contribution in [2.45, 2.75) is 19.8 Å². The fourth-order valence-corrected chi connectivity index (χ4v) is 1.73. The molecule has 1 amide bonds. The van der Waals surface area contributed by atoms with Crippen molar-refractivity contribution < 1.29 is 4.79 Å². The van der Waals surface area contributed by atoms with Crippen molar-refractivity contribution in [3.8, 4) is 0 Å². The fourth-order valence-electron chi connectivity index (χ4n) is 1.73. The van der Waals surface area contributed by atoms with Gasteiger partial charge in [0.25, 0.3) is 0 Å². The second kappa shape index (κ2) is 4.42. The Kier molecular flexibility index (Phi) is 3.48. The van der Waals surface area contributed by atoms with E-state index in [-0.39, 0.29) is 5.91 Å². The molecule has 74 valence electrons. The van der Waals surface area contributed by atoms with Gasteiger partial charge in [-0.25, -0.2) is 0 Å². The van der Waals surface area contributed by atoms with E-state index in [1.54, 1.807) is 7.05 Å². The van der Waals surface area contributed by atoms with Crippen LogP contribution in [0.25, 0.3) is 0 Å². The minimum atomic E-state index is 0.102. The van der Waals surface area contributed by atoms with Gasteiger partial charge in [-0.1, -0.05) is 6.92 Å². The molecule has 1 N–H and O–H groups in total. The molecule has 3 heteroatoms. The van der Waals surface area contributed by atoms with Crippen molar-refractivity contribution >= 4 is 5.91 Å². The number of carbonyl (C=O) groups is 1. The highest BCUT2D eigenvalue weighted by atomic mass is 16.1. The Bertz CT molecular complexity index is 233. The highest BCUT2D eigenvalue weighted by Crippen LogP contribution is 2.19. The number of hydrogen-bond donors (Lipinski definition) is 1. The first kappa shape index (κ1) is 10.3. The normalized spacial score (nSPS) is 19.0. The molecule has 1 heterocycles. The Labute approximate surface area is 79.8 Å². The van der Waals surface area contributed by atoms with E-state index < -0.39 is 0 Å². The molecule has 0 saturated carbocycles. The first-order valence-electron chi connectivity index (χ1n) is 4.80. The minimum Gasteiger partial charge on any atom is -0.355 e. The SMILES string of the molecule is CCC1=C(C(=O)NC)CCN(C)C1. The standard InChI is InChI=1S/C10H18N2O/c1-4-8-7-12(3)6-5-9(8)10(13)11-2/h4-7H2,1-3H3,(H,11,13).